The van der Waals surface area contributed by atoms with Gasteiger partial charge in [-0.2, -0.15) is 0 Å². The smallest absolute Gasteiger partial charge is 0.410 e. The molecule has 2 unspecified atom stereocenters. The molecule has 1 fully saturated rings. The molecule has 0 N–H and O–H groups in total. The molecule has 0 aromatic heterocycles. The van der Waals surface area contributed by atoms with Crippen LogP contribution in [0.15, 0.2) is 12.1 Å². The first-order chi connectivity index (χ1) is 11.4. The third kappa shape index (κ3) is 2.70. The predicted octanol–water partition coefficient (Wildman–Crippen LogP) is 3.70. The van der Waals surface area contributed by atoms with Gasteiger partial charge in [0.2, 0.25) is 6.79 Å². The number of amides is 1. The lowest BCUT2D eigenvalue weighted by Crippen LogP contribution is -2.46. The Balaban J connectivity index is 1.52. The minimum Gasteiger partial charge on any atom is -0.454 e. The molecule has 0 saturated carbocycles. The fraction of sp³-hybridized carbons (Fsp3) is 0.632. The Kier molecular flexibility index (Phi) is 3.62. The number of rotatable bonds is 0. The summed E-state index contributed by atoms with van der Waals surface area (Å²) in [6.45, 7) is 7.61. The van der Waals surface area contributed by atoms with Gasteiger partial charge >= 0.3 is 6.09 Å². The summed E-state index contributed by atoms with van der Waals surface area (Å²) in [5.41, 5.74) is 2.27. The average Bonchev–Trinajstić information content (AvgIpc) is 3.01. The third-order valence-electron chi connectivity index (χ3n) is 5.23. The second kappa shape index (κ2) is 5.57. The molecule has 0 radical (unpaired) electrons. The average molecular weight is 331 g/mol. The van der Waals surface area contributed by atoms with Crippen molar-refractivity contribution in [1.29, 1.82) is 0 Å². The molecule has 0 bridgehead atoms. The van der Waals surface area contributed by atoms with Crippen molar-refractivity contribution in [2.45, 2.75) is 51.6 Å². The van der Waals surface area contributed by atoms with E-state index >= 15 is 0 Å². The number of piperidine rings is 1. The van der Waals surface area contributed by atoms with Gasteiger partial charge in [-0.1, -0.05) is 6.07 Å². The molecule has 5 nitrogen and oxygen atoms in total. The molecule has 2 heterocycles. The number of nitrogens with zero attached hydrogens (tertiary/aromatic N) is 1. The Morgan fingerprint density at radius 2 is 2.08 bits per heavy atom. The van der Waals surface area contributed by atoms with E-state index in [0.717, 1.165) is 43.9 Å². The Bertz CT molecular complexity index is 664. The molecular weight excluding hydrogens is 306 g/mol. The fourth-order valence-corrected chi connectivity index (χ4v) is 4.21. The van der Waals surface area contributed by atoms with Crippen LogP contribution < -0.4 is 9.47 Å². The molecule has 1 saturated heterocycles. The second-order valence-corrected chi connectivity index (χ2v) is 7.99. The Morgan fingerprint density at radius 3 is 2.88 bits per heavy atom. The predicted molar refractivity (Wildman–Crippen MR) is 89.5 cm³/mol. The molecule has 3 aliphatic rings. The Hall–Kier alpha value is -1.91. The monoisotopic (exact) mass is 331 g/mol. The summed E-state index contributed by atoms with van der Waals surface area (Å²) in [7, 11) is 0. The zero-order valence-electron chi connectivity index (χ0n) is 14.6. The van der Waals surface area contributed by atoms with Crippen LogP contribution in [0.1, 0.15) is 50.7 Å². The van der Waals surface area contributed by atoms with Gasteiger partial charge in [-0.15, -0.1) is 0 Å². The van der Waals surface area contributed by atoms with Crippen LogP contribution in [0.5, 0.6) is 11.5 Å². The topological polar surface area (TPSA) is 48.0 Å². The molecule has 2 aliphatic heterocycles. The van der Waals surface area contributed by atoms with Crippen LogP contribution >= 0.6 is 0 Å². The molecule has 130 valence electrons. The highest BCUT2D eigenvalue weighted by molar-refractivity contribution is 5.68. The van der Waals surface area contributed by atoms with Crippen LogP contribution in [0.3, 0.4) is 0 Å². The molecule has 1 aromatic rings. The summed E-state index contributed by atoms with van der Waals surface area (Å²) < 4.78 is 16.7. The van der Waals surface area contributed by atoms with Crippen molar-refractivity contribution in [2.75, 3.05) is 19.9 Å². The minimum absolute atomic E-state index is 0.183. The molecule has 5 heteroatoms. The summed E-state index contributed by atoms with van der Waals surface area (Å²) in [5, 5.41) is 0. The number of benzene rings is 1. The van der Waals surface area contributed by atoms with Crippen LogP contribution in [0.25, 0.3) is 0 Å². The summed E-state index contributed by atoms with van der Waals surface area (Å²) in [5.74, 6) is 2.82. The lowest BCUT2D eigenvalue weighted by Gasteiger charge is -2.42. The van der Waals surface area contributed by atoms with E-state index in [0.29, 0.717) is 18.6 Å². The van der Waals surface area contributed by atoms with Crippen LogP contribution in [0, 0.1) is 5.92 Å². The zero-order chi connectivity index (χ0) is 16.9. The van der Waals surface area contributed by atoms with E-state index in [2.05, 4.69) is 6.07 Å². The molecule has 1 aromatic carbocycles. The van der Waals surface area contributed by atoms with Gasteiger partial charge in [0.1, 0.15) is 5.60 Å². The van der Waals surface area contributed by atoms with Crippen molar-refractivity contribution in [2.24, 2.45) is 5.92 Å². The van der Waals surface area contributed by atoms with Crippen LogP contribution in [-0.4, -0.2) is 36.5 Å². The Labute approximate surface area is 142 Å². The maximum absolute atomic E-state index is 12.4. The van der Waals surface area contributed by atoms with E-state index in [4.69, 9.17) is 14.2 Å². The second-order valence-electron chi connectivity index (χ2n) is 7.99. The van der Waals surface area contributed by atoms with Gasteiger partial charge in [0.05, 0.1) is 0 Å². The summed E-state index contributed by atoms with van der Waals surface area (Å²) in [6.07, 6.45) is 2.87. The molecule has 4 rings (SSSR count). The molecule has 2 atom stereocenters. The Morgan fingerprint density at radius 1 is 1.25 bits per heavy atom. The van der Waals surface area contributed by atoms with Gasteiger partial charge in [-0.25, -0.2) is 4.79 Å². The highest BCUT2D eigenvalue weighted by atomic mass is 16.7. The number of ether oxygens (including phenoxy) is 3. The lowest BCUT2D eigenvalue weighted by molar-refractivity contribution is 0.0133. The van der Waals surface area contributed by atoms with Crippen molar-refractivity contribution in [3.8, 4) is 11.5 Å². The molecule has 24 heavy (non-hydrogen) atoms. The number of hydrogen-bond donors (Lipinski definition) is 0. The van der Waals surface area contributed by atoms with Gasteiger partial charge in [0, 0.05) is 18.7 Å². The van der Waals surface area contributed by atoms with Gasteiger partial charge in [-0.05, 0) is 63.5 Å². The maximum atomic E-state index is 12.4. The summed E-state index contributed by atoms with van der Waals surface area (Å²) in [6, 6.07) is 4.23. The SMILES string of the molecule is CC(C)(C)OC(=O)N1CCC2c3ccc4c(c3CCC2C1)OCO4. The lowest BCUT2D eigenvalue weighted by atomic mass is 9.71. The summed E-state index contributed by atoms with van der Waals surface area (Å²) in [4.78, 5) is 14.2. The fourth-order valence-electron chi connectivity index (χ4n) is 4.21. The van der Waals surface area contributed by atoms with Crippen LogP contribution in [0.2, 0.25) is 0 Å². The number of carbonyl (C=O) groups is 1. The van der Waals surface area contributed by atoms with Crippen molar-refractivity contribution in [3.63, 3.8) is 0 Å². The first-order valence-corrected chi connectivity index (χ1v) is 8.82. The van der Waals surface area contributed by atoms with E-state index in [9.17, 15) is 4.79 Å². The third-order valence-corrected chi connectivity index (χ3v) is 5.23. The van der Waals surface area contributed by atoms with Crippen LogP contribution in [-0.2, 0) is 11.2 Å². The molecular formula is C19H25NO4. The first kappa shape index (κ1) is 15.6. The largest absolute Gasteiger partial charge is 0.454 e. The van der Waals surface area contributed by atoms with Gasteiger partial charge in [0.25, 0.3) is 0 Å². The van der Waals surface area contributed by atoms with Crippen molar-refractivity contribution in [3.05, 3.63) is 23.3 Å². The maximum Gasteiger partial charge on any atom is 0.410 e. The van der Waals surface area contributed by atoms with Crippen molar-refractivity contribution >= 4 is 6.09 Å². The van der Waals surface area contributed by atoms with E-state index < -0.39 is 5.60 Å². The van der Waals surface area contributed by atoms with E-state index in [-0.39, 0.29) is 6.09 Å². The molecule has 0 spiro atoms. The number of carbonyl (C=O) groups excluding carboxylic acids is 1. The zero-order valence-corrected chi connectivity index (χ0v) is 14.6. The normalized spacial score (nSPS) is 25.0. The quantitative estimate of drug-likeness (QED) is 0.727. The van der Waals surface area contributed by atoms with Crippen LogP contribution in [0.4, 0.5) is 4.79 Å². The number of hydrogen-bond acceptors (Lipinski definition) is 4. The molecule has 1 amide bonds. The van der Waals surface area contributed by atoms with Gasteiger partial charge < -0.3 is 19.1 Å². The minimum atomic E-state index is -0.439. The van der Waals surface area contributed by atoms with Crippen molar-refractivity contribution in [1.82, 2.24) is 4.90 Å². The van der Waals surface area contributed by atoms with E-state index in [1.807, 2.05) is 31.7 Å². The molecule has 1 aliphatic carbocycles. The summed E-state index contributed by atoms with van der Waals surface area (Å²) >= 11 is 0. The van der Waals surface area contributed by atoms with Gasteiger partial charge in [-0.3, -0.25) is 0 Å². The van der Waals surface area contributed by atoms with Crippen molar-refractivity contribution < 1.29 is 19.0 Å². The van der Waals surface area contributed by atoms with E-state index in [1.54, 1.807) is 0 Å². The highest BCUT2D eigenvalue weighted by Gasteiger charge is 2.39. The first-order valence-electron chi connectivity index (χ1n) is 8.82. The number of likely N-dealkylation sites (tertiary alicyclic amines) is 1. The standard InChI is InChI=1S/C19H25NO4/c1-19(2,3)24-18(21)20-9-8-13-12(10-20)4-5-15-14(13)6-7-16-17(15)23-11-22-16/h6-7,12-13H,4-5,8-11H2,1-3H3. The number of fused-ring (bicyclic) bond motifs is 5. The van der Waals surface area contributed by atoms with Gasteiger partial charge in [0.15, 0.2) is 11.5 Å². The van der Waals surface area contributed by atoms with E-state index in [1.165, 1.54) is 11.1 Å². The highest BCUT2D eigenvalue weighted by Crippen LogP contribution is 2.48.